The topological polar surface area (TPSA) is 75.6 Å². The summed E-state index contributed by atoms with van der Waals surface area (Å²) in [7, 11) is 1.26. The Hall–Kier alpha value is -1.88. The lowest BCUT2D eigenvalue weighted by molar-refractivity contribution is -0.123. The predicted octanol–water partition coefficient (Wildman–Crippen LogP) is 0.459. The Morgan fingerprint density at radius 3 is 2.93 bits per heavy atom. The first kappa shape index (κ1) is 9.67. The van der Waals surface area contributed by atoms with Crippen LogP contribution < -0.4 is 5.32 Å². The summed E-state index contributed by atoms with van der Waals surface area (Å²) >= 11 is 0. The van der Waals surface area contributed by atoms with Gasteiger partial charge in [-0.3, -0.25) is 4.79 Å². The van der Waals surface area contributed by atoms with Gasteiger partial charge >= 0.3 is 5.97 Å². The number of methoxy groups -OCH3 is 1. The zero-order valence-electron chi connectivity index (χ0n) is 7.98. The summed E-state index contributed by atoms with van der Waals surface area (Å²) in [6, 6.07) is 4.71. The molecule has 2 rings (SSSR count). The summed E-state index contributed by atoms with van der Waals surface area (Å²) < 4.78 is 4.56. The number of carbonyl (C=O) groups excluding carboxylic acids is 2. The van der Waals surface area contributed by atoms with Crippen molar-refractivity contribution in [3.63, 3.8) is 0 Å². The number of rotatable bonds is 1. The molecule has 1 aromatic carbocycles. The van der Waals surface area contributed by atoms with Gasteiger partial charge in [0.1, 0.15) is 0 Å². The van der Waals surface area contributed by atoms with E-state index in [4.69, 9.17) is 0 Å². The number of para-hydroxylation sites is 1. The highest BCUT2D eigenvalue weighted by atomic mass is 16.5. The molecule has 5 nitrogen and oxygen atoms in total. The van der Waals surface area contributed by atoms with E-state index in [2.05, 4.69) is 10.1 Å². The Morgan fingerprint density at radius 2 is 2.27 bits per heavy atom. The number of hydrogen-bond donors (Lipinski definition) is 2. The quantitative estimate of drug-likeness (QED) is 0.656. The van der Waals surface area contributed by atoms with E-state index in [0.29, 0.717) is 11.3 Å². The first-order chi connectivity index (χ1) is 7.15. The van der Waals surface area contributed by atoms with Gasteiger partial charge in [0.15, 0.2) is 6.10 Å². The molecule has 0 saturated carbocycles. The molecule has 1 atom stereocenters. The molecule has 0 radical (unpaired) electrons. The summed E-state index contributed by atoms with van der Waals surface area (Å²) in [5, 5.41) is 11.9. The average Bonchev–Trinajstić information content (AvgIpc) is 2.54. The van der Waals surface area contributed by atoms with E-state index in [-0.39, 0.29) is 5.56 Å². The van der Waals surface area contributed by atoms with Crippen LogP contribution in [0.4, 0.5) is 5.69 Å². The third-order valence-electron chi connectivity index (χ3n) is 2.29. The number of nitrogens with one attached hydrogen (secondary N) is 1. The third-order valence-corrected chi connectivity index (χ3v) is 2.29. The Bertz CT molecular complexity index is 441. The lowest BCUT2D eigenvalue weighted by Crippen LogP contribution is -2.11. The first-order valence-corrected chi connectivity index (χ1v) is 4.35. The smallest absolute Gasteiger partial charge is 0.339 e. The molecule has 0 fully saturated rings. The van der Waals surface area contributed by atoms with Crippen LogP contribution in [-0.4, -0.2) is 24.1 Å². The summed E-state index contributed by atoms with van der Waals surface area (Å²) in [5.41, 5.74) is 0.990. The van der Waals surface area contributed by atoms with Crippen LogP contribution >= 0.6 is 0 Å². The van der Waals surface area contributed by atoms with Crippen molar-refractivity contribution in [2.75, 3.05) is 12.4 Å². The van der Waals surface area contributed by atoms with Crippen molar-refractivity contribution < 1.29 is 19.4 Å². The van der Waals surface area contributed by atoms with Crippen molar-refractivity contribution in [2.24, 2.45) is 0 Å². The van der Waals surface area contributed by atoms with Crippen LogP contribution in [0, 0.1) is 0 Å². The molecule has 0 saturated heterocycles. The van der Waals surface area contributed by atoms with E-state index in [9.17, 15) is 14.7 Å². The molecule has 1 heterocycles. The van der Waals surface area contributed by atoms with Crippen molar-refractivity contribution in [3.05, 3.63) is 29.3 Å². The molecule has 1 aromatic rings. The van der Waals surface area contributed by atoms with Gasteiger partial charge in [0, 0.05) is 5.56 Å². The van der Waals surface area contributed by atoms with Crippen LogP contribution in [0.3, 0.4) is 0 Å². The van der Waals surface area contributed by atoms with Gasteiger partial charge in [0.2, 0.25) is 0 Å². The largest absolute Gasteiger partial charge is 0.465 e. The number of carbonyl (C=O) groups is 2. The Morgan fingerprint density at radius 1 is 1.53 bits per heavy atom. The van der Waals surface area contributed by atoms with Gasteiger partial charge in [-0.25, -0.2) is 4.79 Å². The molecular weight excluding hydrogens is 198 g/mol. The van der Waals surface area contributed by atoms with E-state index >= 15 is 0 Å². The van der Waals surface area contributed by atoms with Crippen molar-refractivity contribution in [3.8, 4) is 0 Å². The van der Waals surface area contributed by atoms with E-state index in [0.717, 1.165) is 0 Å². The van der Waals surface area contributed by atoms with Gasteiger partial charge in [-0.1, -0.05) is 12.1 Å². The van der Waals surface area contributed by atoms with Gasteiger partial charge < -0.3 is 15.2 Å². The summed E-state index contributed by atoms with van der Waals surface area (Å²) in [5.74, 6) is -1.07. The van der Waals surface area contributed by atoms with Crippen LogP contribution in [0.2, 0.25) is 0 Å². The summed E-state index contributed by atoms with van der Waals surface area (Å²) in [6.45, 7) is 0. The van der Waals surface area contributed by atoms with Crippen molar-refractivity contribution in [1.82, 2.24) is 0 Å². The van der Waals surface area contributed by atoms with Crippen molar-refractivity contribution in [1.29, 1.82) is 0 Å². The third kappa shape index (κ3) is 1.37. The molecule has 1 aliphatic heterocycles. The molecule has 1 unspecified atom stereocenters. The fraction of sp³-hybridized carbons (Fsp3) is 0.200. The van der Waals surface area contributed by atoms with Gasteiger partial charge in [0.05, 0.1) is 18.4 Å². The number of hydrogen-bond acceptors (Lipinski definition) is 4. The fourth-order valence-electron chi connectivity index (χ4n) is 1.55. The minimum atomic E-state index is -1.20. The van der Waals surface area contributed by atoms with Crippen LogP contribution in [0.5, 0.6) is 0 Å². The highest BCUT2D eigenvalue weighted by molar-refractivity contribution is 6.08. The van der Waals surface area contributed by atoms with Crippen LogP contribution in [0.1, 0.15) is 22.0 Å². The second-order valence-electron chi connectivity index (χ2n) is 3.15. The van der Waals surface area contributed by atoms with Gasteiger partial charge in [-0.15, -0.1) is 0 Å². The Labute approximate surface area is 85.7 Å². The zero-order chi connectivity index (χ0) is 11.0. The number of aliphatic hydroxyl groups is 1. The minimum Gasteiger partial charge on any atom is -0.465 e. The number of fused-ring (bicyclic) bond motifs is 1. The first-order valence-electron chi connectivity index (χ1n) is 4.35. The molecule has 0 aliphatic carbocycles. The monoisotopic (exact) mass is 207 g/mol. The lowest BCUT2D eigenvalue weighted by Gasteiger charge is -2.05. The van der Waals surface area contributed by atoms with Gasteiger partial charge in [0.25, 0.3) is 5.91 Å². The van der Waals surface area contributed by atoms with E-state index in [1.165, 1.54) is 13.2 Å². The number of ether oxygens (including phenoxy) is 1. The molecule has 1 amide bonds. The van der Waals surface area contributed by atoms with Crippen LogP contribution in [0.25, 0.3) is 0 Å². The minimum absolute atomic E-state index is 0.250. The van der Waals surface area contributed by atoms with Crippen LogP contribution in [0.15, 0.2) is 18.2 Å². The maximum atomic E-state index is 11.3. The highest BCUT2D eigenvalue weighted by Crippen LogP contribution is 2.33. The summed E-state index contributed by atoms with van der Waals surface area (Å²) in [6.07, 6.45) is -1.20. The molecule has 1 aliphatic rings. The molecular formula is C10H9NO4. The number of benzene rings is 1. The van der Waals surface area contributed by atoms with Crippen LogP contribution in [-0.2, 0) is 9.53 Å². The molecule has 0 bridgehead atoms. The number of amides is 1. The molecule has 78 valence electrons. The Kier molecular flexibility index (Phi) is 2.17. The van der Waals surface area contributed by atoms with E-state index in [1.54, 1.807) is 12.1 Å². The fourth-order valence-corrected chi connectivity index (χ4v) is 1.55. The van der Waals surface area contributed by atoms with Crippen molar-refractivity contribution in [2.45, 2.75) is 6.10 Å². The van der Waals surface area contributed by atoms with E-state index < -0.39 is 18.0 Å². The number of aliphatic hydroxyl groups excluding tert-OH is 1. The second kappa shape index (κ2) is 3.36. The normalized spacial score (nSPS) is 18.3. The lowest BCUT2D eigenvalue weighted by atomic mass is 10.1. The predicted molar refractivity (Wildman–Crippen MR) is 51.4 cm³/mol. The highest BCUT2D eigenvalue weighted by Gasteiger charge is 2.31. The Balaban J connectivity index is 2.54. The number of anilines is 1. The standard InChI is InChI=1S/C10H9NO4/c1-15-10(14)6-4-2-3-5-7(6)11-9(13)8(5)12/h2-4,8,12H,1H3,(H,11,13). The molecule has 5 heteroatoms. The average molecular weight is 207 g/mol. The molecule has 15 heavy (non-hydrogen) atoms. The zero-order valence-corrected chi connectivity index (χ0v) is 7.98. The second-order valence-corrected chi connectivity index (χ2v) is 3.15. The van der Waals surface area contributed by atoms with Crippen molar-refractivity contribution >= 4 is 17.6 Å². The molecule has 2 N–H and O–H groups in total. The molecule has 0 aromatic heterocycles. The van der Waals surface area contributed by atoms with E-state index in [1.807, 2.05) is 0 Å². The van der Waals surface area contributed by atoms with Gasteiger partial charge in [-0.2, -0.15) is 0 Å². The SMILES string of the molecule is COC(=O)c1cccc2c1NC(=O)C2O. The number of esters is 1. The van der Waals surface area contributed by atoms with Gasteiger partial charge in [-0.05, 0) is 6.07 Å². The molecule has 0 spiro atoms. The maximum absolute atomic E-state index is 11.3. The maximum Gasteiger partial charge on any atom is 0.339 e. The summed E-state index contributed by atoms with van der Waals surface area (Å²) in [4.78, 5) is 22.5.